The van der Waals surface area contributed by atoms with E-state index >= 15 is 0 Å². The Labute approximate surface area is 331 Å². The molecule has 0 aliphatic carbocycles. The first kappa shape index (κ1) is 52.2. The number of hydrogen-bond acceptors (Lipinski definition) is 7. The second-order valence-corrected chi connectivity index (χ2v) is 16.1. The maximum Gasteiger partial charge on any atom is 0.472 e. The van der Waals surface area contributed by atoms with Crippen molar-refractivity contribution in [2.24, 2.45) is 0 Å². The van der Waals surface area contributed by atoms with Gasteiger partial charge in [-0.1, -0.05) is 179 Å². The molecular formula is C44H82NO8P. The van der Waals surface area contributed by atoms with Crippen LogP contribution in [0.3, 0.4) is 0 Å². The fraction of sp³-hybridized carbons (Fsp3) is 0.818. The minimum absolute atomic E-state index is 0.0818. The van der Waals surface area contributed by atoms with E-state index in [1.54, 1.807) is 0 Å². The summed E-state index contributed by atoms with van der Waals surface area (Å²) in [6.07, 6.45) is 45.0. The quantitative estimate of drug-likeness (QED) is 0.0242. The molecule has 0 bridgehead atoms. The van der Waals surface area contributed by atoms with Crippen LogP contribution in [0.4, 0.5) is 0 Å². The van der Waals surface area contributed by atoms with Crippen molar-refractivity contribution >= 4 is 19.7 Å². The van der Waals surface area contributed by atoms with Gasteiger partial charge in [-0.3, -0.25) is 18.6 Å². The SMILES string of the molecule is CC/C=C\C/C=C\C/C=C\CCCCCCCC(=O)OCC(O)COP(=O)(O)OCCNC(=O)CCCCCCCCCCCCCCCCCCCC. The van der Waals surface area contributed by atoms with E-state index in [0.717, 1.165) is 70.6 Å². The normalized spacial score (nSPS) is 13.6. The fourth-order valence-electron chi connectivity index (χ4n) is 6.04. The van der Waals surface area contributed by atoms with E-state index in [1.807, 2.05) is 0 Å². The summed E-state index contributed by atoms with van der Waals surface area (Å²) in [4.78, 5) is 33.9. The fourth-order valence-corrected chi connectivity index (χ4v) is 6.80. The Bertz CT molecular complexity index is 986. The highest BCUT2D eigenvalue weighted by molar-refractivity contribution is 7.47. The summed E-state index contributed by atoms with van der Waals surface area (Å²) in [5.74, 6) is -0.529. The lowest BCUT2D eigenvalue weighted by atomic mass is 10.0. The number of amides is 1. The number of rotatable bonds is 41. The monoisotopic (exact) mass is 784 g/mol. The van der Waals surface area contributed by atoms with Gasteiger partial charge >= 0.3 is 13.8 Å². The molecule has 0 saturated carbocycles. The van der Waals surface area contributed by atoms with Crippen molar-refractivity contribution in [3.63, 3.8) is 0 Å². The van der Waals surface area contributed by atoms with Crippen molar-refractivity contribution in [2.75, 3.05) is 26.4 Å². The Morgan fingerprint density at radius 1 is 0.593 bits per heavy atom. The zero-order chi connectivity index (χ0) is 39.6. The third kappa shape index (κ3) is 41.4. The Balaban J connectivity index is 3.59. The number of hydrogen-bond donors (Lipinski definition) is 3. The van der Waals surface area contributed by atoms with Crippen LogP contribution < -0.4 is 5.32 Å². The molecule has 0 heterocycles. The molecule has 0 rings (SSSR count). The predicted octanol–water partition coefficient (Wildman–Crippen LogP) is 12.2. The number of allylic oxidation sites excluding steroid dienone is 6. The summed E-state index contributed by atoms with van der Waals surface area (Å²) in [7, 11) is -4.42. The molecule has 0 saturated heterocycles. The molecule has 1 amide bonds. The van der Waals surface area contributed by atoms with E-state index < -0.39 is 26.5 Å². The molecule has 2 unspecified atom stereocenters. The van der Waals surface area contributed by atoms with Crippen LogP contribution in [-0.2, 0) is 27.9 Å². The van der Waals surface area contributed by atoms with E-state index in [-0.39, 0.29) is 32.1 Å². The lowest BCUT2D eigenvalue weighted by molar-refractivity contribution is -0.147. The summed E-state index contributed by atoms with van der Waals surface area (Å²) < 4.78 is 26.9. The van der Waals surface area contributed by atoms with Gasteiger partial charge in [-0.2, -0.15) is 0 Å². The molecule has 3 N–H and O–H groups in total. The first-order valence-corrected chi connectivity index (χ1v) is 23.5. The third-order valence-electron chi connectivity index (χ3n) is 9.33. The van der Waals surface area contributed by atoms with Gasteiger partial charge in [0.15, 0.2) is 0 Å². The highest BCUT2D eigenvalue weighted by Gasteiger charge is 2.23. The topological polar surface area (TPSA) is 131 Å². The van der Waals surface area contributed by atoms with Crippen molar-refractivity contribution < 1.29 is 37.9 Å². The van der Waals surface area contributed by atoms with E-state index in [4.69, 9.17) is 13.8 Å². The van der Waals surface area contributed by atoms with Crippen LogP contribution in [-0.4, -0.2) is 54.3 Å². The second kappa shape index (κ2) is 40.9. The summed E-state index contributed by atoms with van der Waals surface area (Å²) in [5, 5.41) is 12.7. The Morgan fingerprint density at radius 2 is 1.06 bits per heavy atom. The zero-order valence-corrected chi connectivity index (χ0v) is 35.6. The standard InChI is InChI=1S/C44H82NO8P/c1-3-5-7-9-11-13-15-17-19-20-21-23-24-26-28-30-32-34-36-43(47)45-38-39-52-54(49,50)53-41-42(46)40-51-44(48)37-35-33-31-29-27-25-22-18-16-14-12-10-8-6-4-2/h6,8,12,14,18,22,42,46H,3-5,7,9-11,13,15-17,19-21,23-41H2,1-2H3,(H,45,47)(H,49,50)/b8-6-,14-12-,22-18-. The van der Waals surface area contributed by atoms with Gasteiger partial charge in [0.05, 0.1) is 13.2 Å². The average molecular weight is 784 g/mol. The number of aliphatic hydroxyl groups excluding tert-OH is 1. The molecule has 0 aliphatic heterocycles. The lowest BCUT2D eigenvalue weighted by Crippen LogP contribution is -2.27. The smallest absolute Gasteiger partial charge is 0.463 e. The molecule has 0 radical (unpaired) electrons. The predicted molar refractivity (Wildman–Crippen MR) is 224 cm³/mol. The molecule has 0 aromatic carbocycles. The largest absolute Gasteiger partial charge is 0.472 e. The molecule has 2 atom stereocenters. The molecule has 0 aromatic heterocycles. The highest BCUT2D eigenvalue weighted by Crippen LogP contribution is 2.42. The summed E-state index contributed by atoms with van der Waals surface area (Å²) >= 11 is 0. The molecule has 0 fully saturated rings. The number of nitrogens with one attached hydrogen (secondary N) is 1. The molecule has 0 aromatic rings. The van der Waals surface area contributed by atoms with Gasteiger partial charge in [0.25, 0.3) is 0 Å². The van der Waals surface area contributed by atoms with Gasteiger partial charge in [-0.05, 0) is 44.9 Å². The third-order valence-corrected chi connectivity index (χ3v) is 10.3. The number of aliphatic hydroxyl groups is 1. The van der Waals surface area contributed by atoms with Crippen molar-refractivity contribution in [1.82, 2.24) is 5.32 Å². The summed E-state index contributed by atoms with van der Waals surface area (Å²) in [6.45, 7) is 3.44. The molecule has 9 nitrogen and oxygen atoms in total. The minimum Gasteiger partial charge on any atom is -0.463 e. The van der Waals surface area contributed by atoms with Crippen LogP contribution >= 0.6 is 7.82 Å². The van der Waals surface area contributed by atoms with E-state index in [0.29, 0.717) is 12.8 Å². The Kier molecular flexibility index (Phi) is 39.5. The second-order valence-electron chi connectivity index (χ2n) is 14.6. The average Bonchev–Trinajstić information content (AvgIpc) is 3.16. The van der Waals surface area contributed by atoms with Gasteiger partial charge in [-0.25, -0.2) is 4.57 Å². The number of ether oxygens (including phenoxy) is 1. The van der Waals surface area contributed by atoms with Gasteiger partial charge < -0.3 is 20.1 Å². The van der Waals surface area contributed by atoms with Crippen LogP contribution in [0.15, 0.2) is 36.5 Å². The Hall–Kier alpha value is -1.77. The number of carbonyl (C=O) groups excluding carboxylic acids is 2. The number of phosphoric acid groups is 1. The molecule has 0 spiro atoms. The molecular weight excluding hydrogens is 701 g/mol. The van der Waals surface area contributed by atoms with Crippen molar-refractivity contribution in [2.45, 2.75) is 206 Å². The van der Waals surface area contributed by atoms with Crippen LogP contribution in [0.25, 0.3) is 0 Å². The van der Waals surface area contributed by atoms with Crippen molar-refractivity contribution in [3.05, 3.63) is 36.5 Å². The number of phosphoric ester groups is 1. The van der Waals surface area contributed by atoms with Crippen molar-refractivity contribution in [3.8, 4) is 0 Å². The first-order valence-electron chi connectivity index (χ1n) is 22.0. The molecule has 10 heteroatoms. The van der Waals surface area contributed by atoms with Gasteiger partial charge in [0.1, 0.15) is 12.7 Å². The molecule has 316 valence electrons. The number of unbranched alkanes of at least 4 members (excludes halogenated alkanes) is 22. The van der Waals surface area contributed by atoms with Gasteiger partial charge in [-0.15, -0.1) is 0 Å². The zero-order valence-electron chi connectivity index (χ0n) is 34.7. The highest BCUT2D eigenvalue weighted by atomic mass is 31.2. The molecule has 54 heavy (non-hydrogen) atoms. The maximum atomic E-state index is 12.1. The summed E-state index contributed by atoms with van der Waals surface area (Å²) in [5.41, 5.74) is 0. The van der Waals surface area contributed by atoms with Crippen molar-refractivity contribution in [1.29, 1.82) is 0 Å². The van der Waals surface area contributed by atoms with Crippen LogP contribution in [0.1, 0.15) is 200 Å². The lowest BCUT2D eigenvalue weighted by Gasteiger charge is -2.15. The number of carbonyl (C=O) groups is 2. The first-order chi connectivity index (χ1) is 26.3. The van der Waals surface area contributed by atoms with E-state index in [9.17, 15) is 24.2 Å². The Morgan fingerprint density at radius 3 is 1.59 bits per heavy atom. The van der Waals surface area contributed by atoms with Gasteiger partial charge in [0.2, 0.25) is 5.91 Å². The van der Waals surface area contributed by atoms with Gasteiger partial charge in [0, 0.05) is 19.4 Å². The summed E-state index contributed by atoms with van der Waals surface area (Å²) in [6, 6.07) is 0. The van der Waals surface area contributed by atoms with E-state index in [2.05, 4.69) is 55.6 Å². The van der Waals surface area contributed by atoms with Crippen LogP contribution in [0.5, 0.6) is 0 Å². The van der Waals surface area contributed by atoms with Crippen LogP contribution in [0, 0.1) is 0 Å². The number of esters is 1. The molecule has 0 aliphatic rings. The minimum atomic E-state index is -4.42. The maximum absolute atomic E-state index is 12.1. The van der Waals surface area contributed by atoms with Crippen LogP contribution in [0.2, 0.25) is 0 Å². The van der Waals surface area contributed by atoms with E-state index in [1.165, 1.54) is 96.3 Å².